The molecule has 4 nitrogen and oxygen atoms in total. The van der Waals surface area contributed by atoms with Crippen molar-refractivity contribution in [1.82, 2.24) is 0 Å². The lowest BCUT2D eigenvalue weighted by Gasteiger charge is -2.60. The first-order valence-electron chi connectivity index (χ1n) is 8.00. The average Bonchev–Trinajstić information content (AvgIpc) is 2.48. The molecule has 0 aromatic carbocycles. The van der Waals surface area contributed by atoms with E-state index in [0.717, 1.165) is 18.3 Å². The Labute approximate surface area is 134 Å². The van der Waals surface area contributed by atoms with Crippen molar-refractivity contribution in [1.29, 1.82) is 0 Å². The molecule has 0 spiro atoms. The molecule has 4 bridgehead atoms. The van der Waals surface area contributed by atoms with E-state index in [1.807, 2.05) is 0 Å². The number of ether oxygens (including phenoxy) is 2. The van der Waals surface area contributed by atoms with Gasteiger partial charge in [0.25, 0.3) is 0 Å². The van der Waals surface area contributed by atoms with E-state index in [1.54, 1.807) is 0 Å². The Morgan fingerprint density at radius 3 is 2.10 bits per heavy atom. The van der Waals surface area contributed by atoms with Gasteiger partial charge in [-0.1, -0.05) is 22.9 Å². The number of rotatable bonds is 5. The lowest BCUT2D eigenvalue weighted by molar-refractivity contribution is -0.214. The van der Waals surface area contributed by atoms with E-state index in [0.29, 0.717) is 11.8 Å². The molecule has 0 N–H and O–H groups in total. The van der Waals surface area contributed by atoms with Crippen molar-refractivity contribution in [3.05, 3.63) is 0 Å². The van der Waals surface area contributed by atoms with Gasteiger partial charge in [-0.2, -0.15) is 0 Å². The molecule has 0 aromatic rings. The predicted octanol–water partition coefficient (Wildman–Crippen LogP) is 3.07. The number of carbonyl (C=O) groups is 2. The minimum absolute atomic E-state index is 0.105. The van der Waals surface area contributed by atoms with E-state index in [4.69, 9.17) is 9.47 Å². The van der Waals surface area contributed by atoms with Crippen molar-refractivity contribution < 1.29 is 19.1 Å². The van der Waals surface area contributed by atoms with Crippen LogP contribution >= 0.6 is 15.9 Å². The van der Waals surface area contributed by atoms with Crippen LogP contribution in [-0.4, -0.2) is 29.5 Å². The molecular formula is C16H23BrO4. The molecule has 0 saturated heterocycles. The van der Waals surface area contributed by atoms with Gasteiger partial charge in [-0.15, -0.1) is 0 Å². The molecule has 5 heteroatoms. The third kappa shape index (κ3) is 2.73. The number of halogens is 1. The van der Waals surface area contributed by atoms with Gasteiger partial charge in [-0.05, 0) is 62.2 Å². The van der Waals surface area contributed by atoms with Crippen molar-refractivity contribution >= 4 is 27.9 Å². The zero-order valence-electron chi connectivity index (χ0n) is 12.5. The molecule has 0 aliphatic heterocycles. The summed E-state index contributed by atoms with van der Waals surface area (Å²) in [6.45, 7) is 1.86. The van der Waals surface area contributed by atoms with E-state index in [-0.39, 0.29) is 17.5 Å². The van der Waals surface area contributed by atoms with Crippen LogP contribution in [0.15, 0.2) is 0 Å². The minimum Gasteiger partial charge on any atom is -0.456 e. The topological polar surface area (TPSA) is 52.6 Å². The minimum atomic E-state index is -0.428. The molecule has 0 aromatic heterocycles. The summed E-state index contributed by atoms with van der Waals surface area (Å²) >= 11 is 3.01. The summed E-state index contributed by atoms with van der Waals surface area (Å²) in [4.78, 5) is 23.2. The van der Waals surface area contributed by atoms with Gasteiger partial charge >= 0.3 is 11.9 Å². The first-order chi connectivity index (χ1) is 10.1. The fraction of sp³-hybridized carbons (Fsp3) is 0.875. The molecule has 4 saturated carbocycles. The van der Waals surface area contributed by atoms with Gasteiger partial charge in [0.05, 0.1) is 0 Å². The van der Waals surface area contributed by atoms with Crippen LogP contribution in [-0.2, 0) is 19.1 Å². The molecule has 4 rings (SSSR count). The summed E-state index contributed by atoms with van der Waals surface area (Å²) in [6, 6.07) is 0. The van der Waals surface area contributed by atoms with E-state index >= 15 is 0 Å². The average molecular weight is 359 g/mol. The number of alkyl halides is 1. The van der Waals surface area contributed by atoms with Crippen LogP contribution in [0.25, 0.3) is 0 Å². The van der Waals surface area contributed by atoms with Crippen LogP contribution in [0.2, 0.25) is 0 Å². The van der Waals surface area contributed by atoms with Crippen molar-refractivity contribution in [2.75, 3.05) is 11.9 Å². The van der Waals surface area contributed by atoms with Crippen LogP contribution in [0.1, 0.15) is 45.4 Å². The second kappa shape index (κ2) is 5.90. The number of hydrogen-bond donors (Lipinski definition) is 0. The van der Waals surface area contributed by atoms with Gasteiger partial charge in [-0.3, -0.25) is 4.79 Å². The Morgan fingerprint density at radius 2 is 1.62 bits per heavy atom. The quantitative estimate of drug-likeness (QED) is 0.559. The summed E-state index contributed by atoms with van der Waals surface area (Å²) in [6.07, 6.45) is 7.07. The van der Waals surface area contributed by atoms with Crippen LogP contribution in [0.3, 0.4) is 0 Å². The Hall–Kier alpha value is -0.580. The number of esters is 2. The van der Waals surface area contributed by atoms with Crippen LogP contribution < -0.4 is 0 Å². The number of hydrogen-bond acceptors (Lipinski definition) is 4. The van der Waals surface area contributed by atoms with Gasteiger partial charge in [0.15, 0.2) is 6.61 Å². The second-order valence-corrected chi connectivity index (χ2v) is 7.44. The Bertz CT molecular complexity index is 406. The Balaban J connectivity index is 1.67. The molecule has 4 aliphatic rings. The van der Waals surface area contributed by atoms with Gasteiger partial charge in [0.2, 0.25) is 0 Å². The van der Waals surface area contributed by atoms with Crippen molar-refractivity contribution in [3.63, 3.8) is 0 Å². The molecule has 0 atom stereocenters. The van der Waals surface area contributed by atoms with Crippen molar-refractivity contribution in [2.45, 2.75) is 51.0 Å². The third-order valence-electron chi connectivity index (χ3n) is 5.84. The van der Waals surface area contributed by atoms with Crippen LogP contribution in [0.5, 0.6) is 0 Å². The smallest absolute Gasteiger partial charge is 0.344 e. The van der Waals surface area contributed by atoms with Gasteiger partial charge in [0.1, 0.15) is 10.9 Å². The molecule has 118 valence electrons. The van der Waals surface area contributed by atoms with Crippen LogP contribution in [0, 0.1) is 23.7 Å². The second-order valence-electron chi connectivity index (χ2n) is 6.88. The standard InChI is InChI=1S/C16H23BrO4/c1-2-16(21-15(19)9-20-14(18)8-17)12-4-10-3-11(6-12)7-13(16)5-10/h10-13H,2-9H2,1H3. The highest BCUT2D eigenvalue weighted by Crippen LogP contribution is 2.60. The normalized spacial score (nSPS) is 40.1. The zero-order chi connectivity index (χ0) is 15.0. The van der Waals surface area contributed by atoms with Gasteiger partial charge in [-0.25, -0.2) is 4.79 Å². The first kappa shape index (κ1) is 15.3. The molecule has 21 heavy (non-hydrogen) atoms. The molecule has 0 unspecified atom stereocenters. The highest BCUT2D eigenvalue weighted by atomic mass is 79.9. The summed E-state index contributed by atoms with van der Waals surface area (Å²) < 4.78 is 10.8. The van der Waals surface area contributed by atoms with E-state index in [1.165, 1.54) is 32.1 Å². The van der Waals surface area contributed by atoms with Crippen LogP contribution in [0.4, 0.5) is 0 Å². The zero-order valence-corrected chi connectivity index (χ0v) is 14.1. The summed E-state index contributed by atoms with van der Waals surface area (Å²) in [5.41, 5.74) is -0.300. The molecule has 0 heterocycles. The summed E-state index contributed by atoms with van der Waals surface area (Å²) in [5.74, 6) is 1.89. The highest BCUT2D eigenvalue weighted by Gasteiger charge is 2.58. The van der Waals surface area contributed by atoms with Gasteiger partial charge < -0.3 is 9.47 Å². The highest BCUT2D eigenvalue weighted by molar-refractivity contribution is 9.09. The Morgan fingerprint density at radius 1 is 1.05 bits per heavy atom. The SMILES string of the molecule is CCC1(OC(=O)COC(=O)CBr)C2CC3CC(C2)CC1C3. The van der Waals surface area contributed by atoms with E-state index in [2.05, 4.69) is 22.9 Å². The lowest BCUT2D eigenvalue weighted by atomic mass is 9.49. The summed E-state index contributed by atoms with van der Waals surface area (Å²) in [5, 5.41) is 0.105. The maximum absolute atomic E-state index is 12.1. The number of carbonyl (C=O) groups excluding carboxylic acids is 2. The lowest BCUT2D eigenvalue weighted by Crippen LogP contribution is -2.59. The van der Waals surface area contributed by atoms with E-state index < -0.39 is 11.9 Å². The fourth-order valence-corrected chi connectivity index (χ4v) is 5.38. The van der Waals surface area contributed by atoms with Gasteiger partial charge in [0, 0.05) is 0 Å². The molecule has 4 fully saturated rings. The maximum atomic E-state index is 12.1. The fourth-order valence-electron chi connectivity index (χ4n) is 5.22. The van der Waals surface area contributed by atoms with E-state index in [9.17, 15) is 9.59 Å². The predicted molar refractivity (Wildman–Crippen MR) is 80.9 cm³/mol. The molecule has 0 radical (unpaired) electrons. The first-order valence-corrected chi connectivity index (χ1v) is 9.13. The maximum Gasteiger partial charge on any atom is 0.344 e. The monoisotopic (exact) mass is 358 g/mol. The molecule has 4 aliphatic carbocycles. The van der Waals surface area contributed by atoms with Crippen molar-refractivity contribution in [3.8, 4) is 0 Å². The van der Waals surface area contributed by atoms with Crippen molar-refractivity contribution in [2.24, 2.45) is 23.7 Å². The third-order valence-corrected chi connectivity index (χ3v) is 6.29. The Kier molecular flexibility index (Phi) is 4.30. The molecular weight excluding hydrogens is 336 g/mol. The summed E-state index contributed by atoms with van der Waals surface area (Å²) in [7, 11) is 0. The largest absolute Gasteiger partial charge is 0.456 e. The molecule has 0 amide bonds.